The van der Waals surface area contributed by atoms with Crippen molar-refractivity contribution in [2.75, 3.05) is 12.0 Å². The lowest BCUT2D eigenvalue weighted by atomic mass is 10.1. The summed E-state index contributed by atoms with van der Waals surface area (Å²) in [7, 11) is 0. The molecule has 0 amide bonds. The van der Waals surface area contributed by atoms with Crippen LogP contribution in [0.25, 0.3) is 0 Å². The number of nitrogens with zero attached hydrogens (tertiary/aromatic N) is 3. The molecule has 0 aliphatic heterocycles. The summed E-state index contributed by atoms with van der Waals surface area (Å²) < 4.78 is 0. The number of anilines is 1. The standard InChI is InChI=1S/C14H13N5O4/c15-9-13(10-4-2-1-3-5-10)17-16-12-7-6-11(18(20)21)8-14(12)19(22)23/h1-8,16H,9,15H2/b17-13+. The maximum Gasteiger partial charge on any atom is 0.301 e. The van der Waals surface area contributed by atoms with E-state index in [9.17, 15) is 20.2 Å². The van der Waals surface area contributed by atoms with Crippen LogP contribution in [0.1, 0.15) is 5.56 Å². The Labute approximate surface area is 130 Å². The first-order valence-electron chi connectivity index (χ1n) is 6.54. The van der Waals surface area contributed by atoms with E-state index in [0.717, 1.165) is 17.7 Å². The van der Waals surface area contributed by atoms with E-state index >= 15 is 0 Å². The highest BCUT2D eigenvalue weighted by molar-refractivity contribution is 6.02. The van der Waals surface area contributed by atoms with Crippen LogP contribution in [-0.4, -0.2) is 22.1 Å². The number of nitrogens with one attached hydrogen (secondary N) is 1. The first-order valence-corrected chi connectivity index (χ1v) is 6.54. The second-order valence-electron chi connectivity index (χ2n) is 4.46. The Morgan fingerprint density at radius 3 is 2.35 bits per heavy atom. The van der Waals surface area contributed by atoms with Crippen LogP contribution in [0.4, 0.5) is 17.1 Å². The molecule has 0 bridgehead atoms. The third-order valence-electron chi connectivity index (χ3n) is 3.00. The van der Waals surface area contributed by atoms with Crippen LogP contribution in [0.2, 0.25) is 0 Å². The Kier molecular flexibility index (Phi) is 4.95. The number of hydrazone groups is 1. The minimum atomic E-state index is -0.713. The van der Waals surface area contributed by atoms with Crippen LogP contribution in [0.15, 0.2) is 53.6 Å². The molecule has 0 radical (unpaired) electrons. The Balaban J connectivity index is 2.33. The van der Waals surface area contributed by atoms with Gasteiger partial charge in [-0.2, -0.15) is 5.10 Å². The third kappa shape index (κ3) is 3.86. The van der Waals surface area contributed by atoms with Crippen molar-refractivity contribution in [3.63, 3.8) is 0 Å². The summed E-state index contributed by atoms with van der Waals surface area (Å²) in [6.45, 7) is 0.123. The van der Waals surface area contributed by atoms with E-state index in [1.165, 1.54) is 6.07 Å². The fourth-order valence-electron chi connectivity index (χ4n) is 1.87. The first kappa shape index (κ1) is 16.0. The van der Waals surface area contributed by atoms with Crippen LogP contribution in [-0.2, 0) is 0 Å². The minimum Gasteiger partial charge on any atom is -0.325 e. The van der Waals surface area contributed by atoms with Gasteiger partial charge in [-0.1, -0.05) is 30.3 Å². The fraction of sp³-hybridized carbons (Fsp3) is 0.0714. The van der Waals surface area contributed by atoms with E-state index in [1.807, 2.05) is 18.2 Å². The molecule has 2 rings (SSSR count). The van der Waals surface area contributed by atoms with Gasteiger partial charge >= 0.3 is 5.69 Å². The number of nitrogens with two attached hydrogens (primary N) is 1. The van der Waals surface area contributed by atoms with Crippen molar-refractivity contribution >= 4 is 22.8 Å². The first-order chi connectivity index (χ1) is 11.0. The zero-order chi connectivity index (χ0) is 16.8. The van der Waals surface area contributed by atoms with E-state index in [-0.39, 0.29) is 17.9 Å². The third-order valence-corrected chi connectivity index (χ3v) is 3.00. The van der Waals surface area contributed by atoms with Gasteiger partial charge in [0.15, 0.2) is 0 Å². The number of non-ortho nitro benzene ring substituents is 1. The largest absolute Gasteiger partial charge is 0.325 e. The van der Waals surface area contributed by atoms with Gasteiger partial charge in [-0.15, -0.1) is 0 Å². The molecule has 0 aliphatic carbocycles. The second-order valence-corrected chi connectivity index (χ2v) is 4.46. The topological polar surface area (TPSA) is 137 Å². The van der Waals surface area contributed by atoms with Gasteiger partial charge in [0.05, 0.1) is 21.6 Å². The summed E-state index contributed by atoms with van der Waals surface area (Å²) in [6.07, 6.45) is 0. The maximum absolute atomic E-state index is 11.1. The molecule has 0 fully saturated rings. The van der Waals surface area contributed by atoms with Gasteiger partial charge < -0.3 is 5.73 Å². The second kappa shape index (κ2) is 7.09. The molecule has 2 aromatic carbocycles. The zero-order valence-corrected chi connectivity index (χ0v) is 11.9. The molecule has 9 nitrogen and oxygen atoms in total. The summed E-state index contributed by atoms with van der Waals surface area (Å²) in [6, 6.07) is 12.3. The molecule has 0 aliphatic rings. The smallest absolute Gasteiger partial charge is 0.301 e. The summed E-state index contributed by atoms with van der Waals surface area (Å²) in [5, 5.41) is 25.8. The van der Waals surface area contributed by atoms with E-state index < -0.39 is 15.5 Å². The van der Waals surface area contributed by atoms with E-state index in [4.69, 9.17) is 5.73 Å². The molecule has 0 saturated carbocycles. The molecule has 0 atom stereocenters. The molecule has 9 heteroatoms. The molecule has 2 aromatic rings. The lowest BCUT2D eigenvalue weighted by molar-refractivity contribution is -0.393. The molecular weight excluding hydrogens is 302 g/mol. The number of rotatable bonds is 6. The summed E-state index contributed by atoms with van der Waals surface area (Å²) in [4.78, 5) is 20.3. The van der Waals surface area contributed by atoms with Gasteiger partial charge in [0.25, 0.3) is 5.69 Å². The van der Waals surface area contributed by atoms with E-state index in [1.54, 1.807) is 12.1 Å². The van der Waals surface area contributed by atoms with Gasteiger partial charge in [-0.05, 0) is 11.6 Å². The lowest BCUT2D eigenvalue weighted by Gasteiger charge is -2.06. The predicted molar refractivity (Wildman–Crippen MR) is 85.4 cm³/mol. The number of hydrogen-bond donors (Lipinski definition) is 2. The van der Waals surface area contributed by atoms with Crippen LogP contribution >= 0.6 is 0 Å². The van der Waals surface area contributed by atoms with E-state index in [0.29, 0.717) is 5.71 Å². The van der Waals surface area contributed by atoms with Gasteiger partial charge in [-0.25, -0.2) is 0 Å². The molecular formula is C14H13N5O4. The summed E-state index contributed by atoms with van der Waals surface area (Å²) >= 11 is 0. The molecule has 0 heterocycles. The van der Waals surface area contributed by atoms with Crippen LogP contribution in [0.5, 0.6) is 0 Å². The van der Waals surface area contributed by atoms with Crippen molar-refractivity contribution in [1.82, 2.24) is 0 Å². The SMILES string of the molecule is NC/C(=N\Nc1ccc([N+](=O)[O-])cc1[N+](=O)[O-])c1ccccc1. The molecule has 0 aromatic heterocycles. The number of hydrogen-bond acceptors (Lipinski definition) is 7. The number of nitro groups is 2. The Morgan fingerprint density at radius 2 is 1.78 bits per heavy atom. The van der Waals surface area contributed by atoms with Gasteiger partial charge in [-0.3, -0.25) is 25.7 Å². The van der Waals surface area contributed by atoms with Crippen molar-refractivity contribution in [3.05, 3.63) is 74.3 Å². The minimum absolute atomic E-state index is 0.0440. The fourth-order valence-corrected chi connectivity index (χ4v) is 1.87. The Hall–Kier alpha value is -3.33. The van der Waals surface area contributed by atoms with Crippen LogP contribution < -0.4 is 11.2 Å². The highest BCUT2D eigenvalue weighted by Crippen LogP contribution is 2.28. The van der Waals surface area contributed by atoms with Crippen molar-refractivity contribution < 1.29 is 9.85 Å². The average molecular weight is 315 g/mol. The number of nitro benzene ring substituents is 2. The normalized spacial score (nSPS) is 11.1. The van der Waals surface area contributed by atoms with Crippen molar-refractivity contribution in [1.29, 1.82) is 0 Å². The van der Waals surface area contributed by atoms with Crippen molar-refractivity contribution in [3.8, 4) is 0 Å². The van der Waals surface area contributed by atoms with Crippen LogP contribution in [0.3, 0.4) is 0 Å². The zero-order valence-electron chi connectivity index (χ0n) is 11.9. The summed E-state index contributed by atoms with van der Waals surface area (Å²) in [5.41, 5.74) is 8.70. The highest BCUT2D eigenvalue weighted by Gasteiger charge is 2.19. The molecule has 0 unspecified atom stereocenters. The molecule has 0 spiro atoms. The molecule has 23 heavy (non-hydrogen) atoms. The van der Waals surface area contributed by atoms with Crippen LogP contribution in [0, 0.1) is 20.2 Å². The van der Waals surface area contributed by atoms with E-state index in [2.05, 4.69) is 10.5 Å². The van der Waals surface area contributed by atoms with Gasteiger partial charge in [0.1, 0.15) is 5.69 Å². The van der Waals surface area contributed by atoms with Crippen molar-refractivity contribution in [2.24, 2.45) is 10.8 Å². The summed E-state index contributed by atoms with van der Waals surface area (Å²) in [5.74, 6) is 0. The molecule has 118 valence electrons. The Bertz CT molecular complexity index is 761. The quantitative estimate of drug-likeness (QED) is 0.476. The average Bonchev–Trinajstić information content (AvgIpc) is 2.56. The van der Waals surface area contributed by atoms with Gasteiger partial charge in [0.2, 0.25) is 0 Å². The molecule has 0 saturated heterocycles. The van der Waals surface area contributed by atoms with Gasteiger partial charge in [0, 0.05) is 12.6 Å². The lowest BCUT2D eigenvalue weighted by Crippen LogP contribution is -2.16. The highest BCUT2D eigenvalue weighted by atomic mass is 16.6. The predicted octanol–water partition coefficient (Wildman–Crippen LogP) is 2.28. The maximum atomic E-state index is 11.1. The van der Waals surface area contributed by atoms with Crippen molar-refractivity contribution in [2.45, 2.75) is 0 Å². The monoisotopic (exact) mass is 315 g/mol. The molecule has 3 N–H and O–H groups in total. The Morgan fingerprint density at radius 1 is 1.09 bits per heavy atom. The number of benzene rings is 2.